The van der Waals surface area contributed by atoms with Gasteiger partial charge >= 0.3 is 0 Å². The van der Waals surface area contributed by atoms with Crippen LogP contribution in [0.25, 0.3) is 0 Å². The summed E-state index contributed by atoms with van der Waals surface area (Å²) in [5, 5.41) is 18.7. The first-order valence-electron chi connectivity index (χ1n) is 3.74. The quantitative estimate of drug-likeness (QED) is 0.563. The normalized spacial score (nSPS) is 42.0. The van der Waals surface area contributed by atoms with Crippen molar-refractivity contribution in [2.45, 2.75) is 24.6 Å². The highest BCUT2D eigenvalue weighted by Gasteiger charge is 2.42. The maximum absolute atomic E-state index is 9.36. The third-order valence-electron chi connectivity index (χ3n) is 1.88. The van der Waals surface area contributed by atoms with Crippen molar-refractivity contribution in [1.29, 1.82) is 0 Å². The molecule has 1 aliphatic rings. The lowest BCUT2D eigenvalue weighted by Crippen LogP contribution is -2.34. The van der Waals surface area contributed by atoms with Gasteiger partial charge < -0.3 is 24.4 Å². The first-order chi connectivity index (χ1) is 5.70. The van der Waals surface area contributed by atoms with Crippen molar-refractivity contribution in [1.82, 2.24) is 0 Å². The Morgan fingerprint density at radius 2 is 1.92 bits per heavy atom. The van der Waals surface area contributed by atoms with Crippen LogP contribution in [0.2, 0.25) is 0 Å². The summed E-state index contributed by atoms with van der Waals surface area (Å²) in [5.74, 6) is 0. The molecular formula is C7H14O5. The van der Waals surface area contributed by atoms with Gasteiger partial charge in [0, 0.05) is 14.2 Å². The number of rotatable bonds is 3. The predicted octanol–water partition coefficient (Wildman–Crippen LogP) is -1.27. The van der Waals surface area contributed by atoms with E-state index in [0.717, 1.165) is 0 Å². The molecule has 0 aromatic rings. The molecule has 1 aliphatic heterocycles. The fourth-order valence-electron chi connectivity index (χ4n) is 1.21. The monoisotopic (exact) mass is 178 g/mol. The van der Waals surface area contributed by atoms with Crippen molar-refractivity contribution in [3.8, 4) is 0 Å². The second kappa shape index (κ2) is 4.15. The van der Waals surface area contributed by atoms with Crippen molar-refractivity contribution in [3.63, 3.8) is 0 Å². The molecule has 0 aromatic heterocycles. The standard InChI is InChI=1S/C7H14O5/c1-10-3-4-5(8)6(9)7(11-2)12-4/h4-9H,3H2,1-2H3/t4-,5+,6-,7+/m1/s1. The molecule has 0 amide bonds. The van der Waals surface area contributed by atoms with Crippen molar-refractivity contribution in [2.24, 2.45) is 0 Å². The van der Waals surface area contributed by atoms with Crippen molar-refractivity contribution in [3.05, 3.63) is 0 Å². The Balaban J connectivity index is 2.48. The van der Waals surface area contributed by atoms with Crippen LogP contribution in [0.1, 0.15) is 0 Å². The summed E-state index contributed by atoms with van der Waals surface area (Å²) in [6.45, 7) is 0.248. The van der Waals surface area contributed by atoms with E-state index in [2.05, 4.69) is 0 Å². The summed E-state index contributed by atoms with van der Waals surface area (Å²) in [5.41, 5.74) is 0. The van der Waals surface area contributed by atoms with Gasteiger partial charge in [-0.1, -0.05) is 0 Å². The van der Waals surface area contributed by atoms with Gasteiger partial charge in [0.1, 0.15) is 18.3 Å². The smallest absolute Gasteiger partial charge is 0.186 e. The van der Waals surface area contributed by atoms with Gasteiger partial charge in [-0.25, -0.2) is 0 Å². The van der Waals surface area contributed by atoms with Gasteiger partial charge in [0.2, 0.25) is 0 Å². The molecule has 5 heteroatoms. The Bertz CT molecular complexity index is 140. The first-order valence-corrected chi connectivity index (χ1v) is 3.74. The topological polar surface area (TPSA) is 68.2 Å². The summed E-state index contributed by atoms with van der Waals surface area (Å²) < 4.78 is 14.7. The third-order valence-corrected chi connectivity index (χ3v) is 1.88. The maximum Gasteiger partial charge on any atom is 0.186 e. The minimum atomic E-state index is -0.991. The highest BCUT2D eigenvalue weighted by atomic mass is 16.7. The number of methoxy groups -OCH3 is 2. The van der Waals surface area contributed by atoms with Gasteiger partial charge in [0.25, 0.3) is 0 Å². The Hall–Kier alpha value is -0.200. The molecule has 0 unspecified atom stereocenters. The van der Waals surface area contributed by atoms with E-state index in [1.807, 2.05) is 0 Å². The molecule has 1 fully saturated rings. The summed E-state index contributed by atoms with van der Waals surface area (Å²) in [6.07, 6.45) is -3.18. The SMILES string of the molecule is COC[C@H]1O[C@H](OC)[C@H](O)[C@H]1O. The van der Waals surface area contributed by atoms with E-state index in [1.165, 1.54) is 14.2 Å². The van der Waals surface area contributed by atoms with Gasteiger partial charge in [-0.15, -0.1) is 0 Å². The summed E-state index contributed by atoms with van der Waals surface area (Å²) >= 11 is 0. The van der Waals surface area contributed by atoms with E-state index >= 15 is 0 Å². The predicted molar refractivity (Wildman–Crippen MR) is 39.6 cm³/mol. The van der Waals surface area contributed by atoms with Crippen LogP contribution in [0.4, 0.5) is 0 Å². The van der Waals surface area contributed by atoms with Crippen molar-refractivity contribution < 1.29 is 24.4 Å². The van der Waals surface area contributed by atoms with Crippen LogP contribution >= 0.6 is 0 Å². The number of ether oxygens (including phenoxy) is 3. The average Bonchev–Trinajstić information content (AvgIpc) is 2.33. The Kier molecular flexibility index (Phi) is 3.42. The molecule has 0 aliphatic carbocycles. The molecular weight excluding hydrogens is 164 g/mol. The van der Waals surface area contributed by atoms with Gasteiger partial charge in [-0.2, -0.15) is 0 Å². The molecule has 0 saturated carbocycles. The van der Waals surface area contributed by atoms with Crippen molar-refractivity contribution >= 4 is 0 Å². The van der Waals surface area contributed by atoms with Gasteiger partial charge in [-0.05, 0) is 0 Å². The highest BCUT2D eigenvalue weighted by molar-refractivity contribution is 4.86. The van der Waals surface area contributed by atoms with Crippen LogP contribution in [0.3, 0.4) is 0 Å². The molecule has 1 rings (SSSR count). The van der Waals surface area contributed by atoms with Crippen LogP contribution in [0.15, 0.2) is 0 Å². The van der Waals surface area contributed by atoms with E-state index in [9.17, 15) is 10.2 Å². The van der Waals surface area contributed by atoms with Crippen LogP contribution in [0, 0.1) is 0 Å². The van der Waals surface area contributed by atoms with Gasteiger partial charge in [0.15, 0.2) is 6.29 Å². The zero-order valence-electron chi connectivity index (χ0n) is 7.14. The van der Waals surface area contributed by atoms with Crippen LogP contribution in [-0.2, 0) is 14.2 Å². The fraction of sp³-hybridized carbons (Fsp3) is 1.00. The average molecular weight is 178 g/mol. The van der Waals surface area contributed by atoms with Crippen molar-refractivity contribution in [2.75, 3.05) is 20.8 Å². The molecule has 72 valence electrons. The number of aliphatic hydroxyl groups excluding tert-OH is 2. The lowest BCUT2D eigenvalue weighted by Gasteiger charge is -2.11. The minimum absolute atomic E-state index is 0.248. The molecule has 2 N–H and O–H groups in total. The molecule has 0 spiro atoms. The summed E-state index contributed by atoms with van der Waals surface area (Å²) in [4.78, 5) is 0. The highest BCUT2D eigenvalue weighted by Crippen LogP contribution is 2.21. The molecule has 4 atom stereocenters. The zero-order valence-corrected chi connectivity index (χ0v) is 7.14. The van der Waals surface area contributed by atoms with Gasteiger partial charge in [-0.3, -0.25) is 0 Å². The Morgan fingerprint density at radius 3 is 2.33 bits per heavy atom. The van der Waals surface area contributed by atoms with E-state index in [1.54, 1.807) is 0 Å². The second-order valence-electron chi connectivity index (χ2n) is 2.72. The molecule has 0 radical (unpaired) electrons. The Morgan fingerprint density at radius 1 is 1.25 bits per heavy atom. The summed E-state index contributed by atoms with van der Waals surface area (Å²) in [6, 6.07) is 0. The fourth-order valence-corrected chi connectivity index (χ4v) is 1.21. The van der Waals surface area contributed by atoms with E-state index < -0.39 is 24.6 Å². The van der Waals surface area contributed by atoms with E-state index in [4.69, 9.17) is 14.2 Å². The maximum atomic E-state index is 9.36. The van der Waals surface area contributed by atoms with E-state index in [-0.39, 0.29) is 6.61 Å². The number of hydrogen-bond donors (Lipinski definition) is 2. The Labute approximate surface area is 70.9 Å². The van der Waals surface area contributed by atoms with Crippen LogP contribution in [-0.4, -0.2) is 55.6 Å². The minimum Gasteiger partial charge on any atom is -0.387 e. The molecule has 0 aromatic carbocycles. The molecule has 1 heterocycles. The lowest BCUT2D eigenvalue weighted by atomic mass is 10.1. The molecule has 12 heavy (non-hydrogen) atoms. The first kappa shape index (κ1) is 9.88. The van der Waals surface area contributed by atoms with Gasteiger partial charge in [0.05, 0.1) is 6.61 Å². The van der Waals surface area contributed by atoms with Crippen LogP contribution < -0.4 is 0 Å². The van der Waals surface area contributed by atoms with Crippen LogP contribution in [0.5, 0.6) is 0 Å². The second-order valence-corrected chi connectivity index (χ2v) is 2.72. The largest absolute Gasteiger partial charge is 0.387 e. The molecule has 0 bridgehead atoms. The number of hydrogen-bond acceptors (Lipinski definition) is 5. The molecule has 1 saturated heterocycles. The zero-order chi connectivity index (χ0) is 9.14. The number of aliphatic hydroxyl groups is 2. The summed E-state index contributed by atoms with van der Waals surface area (Å²) in [7, 11) is 2.92. The molecule has 5 nitrogen and oxygen atoms in total. The third kappa shape index (κ3) is 1.75. The lowest BCUT2D eigenvalue weighted by molar-refractivity contribution is -0.154. The van der Waals surface area contributed by atoms with E-state index in [0.29, 0.717) is 0 Å².